The third-order valence-corrected chi connectivity index (χ3v) is 4.27. The predicted molar refractivity (Wildman–Crippen MR) is 91.4 cm³/mol. The van der Waals surface area contributed by atoms with Crippen molar-refractivity contribution < 1.29 is 13.9 Å². The summed E-state index contributed by atoms with van der Waals surface area (Å²) in [6.07, 6.45) is 4.98. The average Bonchev–Trinajstić information content (AvgIpc) is 2.53. The number of halogens is 2. The normalized spacial score (nSPS) is 17.7. The molecular weight excluding hydrogens is 319 g/mol. The van der Waals surface area contributed by atoms with Crippen molar-refractivity contribution in [3.05, 3.63) is 30.1 Å². The number of nitrogens with one attached hydrogen (secondary N) is 1. The third-order valence-electron chi connectivity index (χ3n) is 4.27. The first kappa shape index (κ1) is 19.7. The van der Waals surface area contributed by atoms with Gasteiger partial charge in [0.1, 0.15) is 6.10 Å². The van der Waals surface area contributed by atoms with Gasteiger partial charge in [-0.2, -0.15) is 0 Å². The Morgan fingerprint density at radius 3 is 2.61 bits per heavy atom. The first-order chi connectivity index (χ1) is 10.5. The fraction of sp³-hybridized carbons (Fsp3) is 0.588. The lowest BCUT2D eigenvalue weighted by atomic mass is 9.82. The lowest BCUT2D eigenvalue weighted by Crippen LogP contribution is -2.56. The van der Waals surface area contributed by atoms with Crippen molar-refractivity contribution in [3.8, 4) is 5.75 Å². The highest BCUT2D eigenvalue weighted by atomic mass is 35.5. The predicted octanol–water partition coefficient (Wildman–Crippen LogP) is 3.18. The highest BCUT2D eigenvalue weighted by Gasteiger charge is 2.35. The van der Waals surface area contributed by atoms with Crippen LogP contribution in [0.5, 0.6) is 5.75 Å². The Hall–Kier alpha value is -1.33. The van der Waals surface area contributed by atoms with Crippen LogP contribution < -0.4 is 15.8 Å². The molecule has 0 spiro atoms. The number of hydrogen-bond donors (Lipinski definition) is 2. The molecule has 130 valence electrons. The minimum Gasteiger partial charge on any atom is -0.486 e. The van der Waals surface area contributed by atoms with E-state index in [1.807, 2.05) is 6.92 Å². The smallest absolute Gasteiger partial charge is 0.240 e. The van der Waals surface area contributed by atoms with E-state index < -0.39 is 11.4 Å². The second kappa shape index (κ2) is 9.08. The van der Waals surface area contributed by atoms with Gasteiger partial charge in [0.25, 0.3) is 0 Å². The van der Waals surface area contributed by atoms with Crippen LogP contribution >= 0.6 is 12.4 Å². The van der Waals surface area contributed by atoms with Gasteiger partial charge in [-0.05, 0) is 31.4 Å². The minimum atomic E-state index is -0.755. The van der Waals surface area contributed by atoms with Gasteiger partial charge in [-0.25, -0.2) is 4.39 Å². The molecule has 0 heterocycles. The summed E-state index contributed by atoms with van der Waals surface area (Å²) in [4.78, 5) is 12.3. The molecule has 1 unspecified atom stereocenters. The lowest BCUT2D eigenvalue weighted by molar-refractivity contribution is -0.127. The van der Waals surface area contributed by atoms with E-state index in [9.17, 15) is 9.18 Å². The summed E-state index contributed by atoms with van der Waals surface area (Å²) in [5, 5.41) is 2.87. The van der Waals surface area contributed by atoms with Crippen LogP contribution in [0.1, 0.15) is 45.4 Å². The van der Waals surface area contributed by atoms with Crippen LogP contribution in [0.4, 0.5) is 4.39 Å². The number of hydrogen-bond acceptors (Lipinski definition) is 3. The summed E-state index contributed by atoms with van der Waals surface area (Å²) in [5.74, 6) is -0.304. The lowest BCUT2D eigenvalue weighted by Gasteiger charge is -2.32. The Balaban J connectivity index is 0.00000264. The molecule has 1 saturated carbocycles. The molecule has 1 aromatic carbocycles. The topological polar surface area (TPSA) is 64.4 Å². The number of rotatable bonds is 6. The molecule has 4 nitrogen and oxygen atoms in total. The van der Waals surface area contributed by atoms with Gasteiger partial charge in [-0.1, -0.05) is 38.3 Å². The Bertz CT molecular complexity index is 507. The summed E-state index contributed by atoms with van der Waals surface area (Å²) in [5.41, 5.74) is 5.44. The van der Waals surface area contributed by atoms with Crippen LogP contribution in [-0.2, 0) is 4.79 Å². The molecule has 0 saturated heterocycles. The van der Waals surface area contributed by atoms with Gasteiger partial charge in [-0.3, -0.25) is 4.79 Å². The largest absolute Gasteiger partial charge is 0.486 e. The molecule has 6 heteroatoms. The number of amides is 1. The number of carbonyl (C=O) groups excluding carboxylic acids is 1. The zero-order valence-electron chi connectivity index (χ0n) is 13.5. The molecule has 0 radical (unpaired) electrons. The van der Waals surface area contributed by atoms with E-state index in [1.54, 1.807) is 18.2 Å². The van der Waals surface area contributed by atoms with Crippen LogP contribution in [0.2, 0.25) is 0 Å². The van der Waals surface area contributed by atoms with E-state index in [2.05, 4.69) is 5.32 Å². The molecule has 0 aromatic heterocycles. The Labute approximate surface area is 143 Å². The molecule has 0 bridgehead atoms. The van der Waals surface area contributed by atoms with Gasteiger partial charge < -0.3 is 15.8 Å². The first-order valence-electron chi connectivity index (χ1n) is 8.03. The number of ether oxygens (including phenoxy) is 1. The minimum absolute atomic E-state index is 0. The van der Waals surface area contributed by atoms with Crippen LogP contribution in [0.25, 0.3) is 0 Å². The third kappa shape index (κ3) is 5.36. The molecule has 1 aliphatic rings. The standard InChI is InChI=1S/C17H25FN2O2.ClH/c1-2-13(22-15-9-5-4-8-14(15)18)12-20-16(21)17(19)10-6-3-7-11-17;/h4-5,8-9,13H,2-3,6-7,10-12,19H2,1H3,(H,20,21);1H. The fourth-order valence-electron chi connectivity index (χ4n) is 2.78. The van der Waals surface area contributed by atoms with E-state index in [-0.39, 0.29) is 30.2 Å². The molecular formula is C17H26ClFN2O2. The quantitative estimate of drug-likeness (QED) is 0.833. The van der Waals surface area contributed by atoms with Crippen LogP contribution in [0, 0.1) is 5.82 Å². The summed E-state index contributed by atoms with van der Waals surface area (Å²) < 4.78 is 19.2. The molecule has 1 aromatic rings. The number of para-hydroxylation sites is 1. The van der Waals surface area contributed by atoms with E-state index in [4.69, 9.17) is 10.5 Å². The van der Waals surface area contributed by atoms with Crippen molar-refractivity contribution in [2.75, 3.05) is 6.54 Å². The molecule has 2 rings (SSSR count). The molecule has 1 atom stereocenters. The van der Waals surface area contributed by atoms with E-state index in [1.165, 1.54) is 6.07 Å². The summed E-state index contributed by atoms with van der Waals surface area (Å²) in [6, 6.07) is 6.29. The Morgan fingerprint density at radius 2 is 2.00 bits per heavy atom. The highest BCUT2D eigenvalue weighted by Crippen LogP contribution is 2.26. The Morgan fingerprint density at radius 1 is 1.35 bits per heavy atom. The van der Waals surface area contributed by atoms with Gasteiger partial charge in [0, 0.05) is 0 Å². The van der Waals surface area contributed by atoms with E-state index >= 15 is 0 Å². The number of benzene rings is 1. The second-order valence-corrected chi connectivity index (χ2v) is 6.01. The first-order valence-corrected chi connectivity index (χ1v) is 8.03. The van der Waals surface area contributed by atoms with Gasteiger partial charge >= 0.3 is 0 Å². The van der Waals surface area contributed by atoms with Gasteiger partial charge in [0.05, 0.1) is 12.1 Å². The van der Waals surface area contributed by atoms with Crippen LogP contribution in [0.15, 0.2) is 24.3 Å². The van der Waals surface area contributed by atoms with Crippen LogP contribution in [0.3, 0.4) is 0 Å². The van der Waals surface area contributed by atoms with Crippen LogP contribution in [-0.4, -0.2) is 24.1 Å². The zero-order valence-corrected chi connectivity index (χ0v) is 14.3. The molecule has 1 aliphatic carbocycles. The maximum absolute atomic E-state index is 13.6. The van der Waals surface area contributed by atoms with Gasteiger partial charge in [0.15, 0.2) is 11.6 Å². The van der Waals surface area contributed by atoms with E-state index in [0.29, 0.717) is 13.0 Å². The average molecular weight is 345 g/mol. The van der Waals surface area contributed by atoms with Gasteiger partial charge in [-0.15, -0.1) is 12.4 Å². The maximum Gasteiger partial charge on any atom is 0.240 e. The van der Waals surface area contributed by atoms with E-state index in [0.717, 1.165) is 32.1 Å². The monoisotopic (exact) mass is 344 g/mol. The summed E-state index contributed by atoms with van der Waals surface area (Å²) in [7, 11) is 0. The maximum atomic E-state index is 13.6. The van der Waals surface area contributed by atoms with Gasteiger partial charge in [0.2, 0.25) is 5.91 Å². The molecule has 1 amide bonds. The zero-order chi connectivity index (χ0) is 16.0. The number of nitrogens with two attached hydrogens (primary N) is 1. The van der Waals surface area contributed by atoms with Crippen molar-refractivity contribution in [2.24, 2.45) is 5.73 Å². The second-order valence-electron chi connectivity index (χ2n) is 6.01. The number of carbonyl (C=O) groups is 1. The van der Waals surface area contributed by atoms with Crippen molar-refractivity contribution >= 4 is 18.3 Å². The van der Waals surface area contributed by atoms with Crippen molar-refractivity contribution in [1.82, 2.24) is 5.32 Å². The van der Waals surface area contributed by atoms with Crippen molar-refractivity contribution in [1.29, 1.82) is 0 Å². The highest BCUT2D eigenvalue weighted by molar-refractivity contribution is 5.86. The summed E-state index contributed by atoms with van der Waals surface area (Å²) >= 11 is 0. The molecule has 3 N–H and O–H groups in total. The molecule has 1 fully saturated rings. The fourth-order valence-corrected chi connectivity index (χ4v) is 2.78. The van der Waals surface area contributed by atoms with Crippen molar-refractivity contribution in [3.63, 3.8) is 0 Å². The summed E-state index contributed by atoms with van der Waals surface area (Å²) in [6.45, 7) is 2.28. The van der Waals surface area contributed by atoms with Crippen molar-refractivity contribution in [2.45, 2.75) is 57.1 Å². The SMILES string of the molecule is CCC(CNC(=O)C1(N)CCCCC1)Oc1ccccc1F.Cl. The molecule has 0 aliphatic heterocycles. The Kier molecular flexibility index (Phi) is 7.79. The molecule has 23 heavy (non-hydrogen) atoms.